The van der Waals surface area contributed by atoms with Crippen LogP contribution in [0.25, 0.3) is 0 Å². The van der Waals surface area contributed by atoms with E-state index in [2.05, 4.69) is 26.0 Å². The molecule has 0 spiro atoms. The van der Waals surface area contributed by atoms with Gasteiger partial charge >= 0.3 is 0 Å². The molecule has 16 heavy (non-hydrogen) atoms. The van der Waals surface area contributed by atoms with Crippen LogP contribution in [0.1, 0.15) is 40.0 Å². The van der Waals surface area contributed by atoms with Crippen LogP contribution < -0.4 is 0 Å². The van der Waals surface area contributed by atoms with E-state index >= 15 is 0 Å². The third-order valence-electron chi connectivity index (χ3n) is 3.51. The first-order chi connectivity index (χ1) is 7.50. The van der Waals surface area contributed by atoms with E-state index in [1.54, 1.807) is 11.8 Å². The van der Waals surface area contributed by atoms with Crippen molar-refractivity contribution in [2.24, 2.45) is 5.92 Å². The van der Waals surface area contributed by atoms with Gasteiger partial charge in [0.15, 0.2) is 0 Å². The fourth-order valence-corrected chi connectivity index (χ4v) is 1.95. The Morgan fingerprint density at radius 1 is 1.56 bits per heavy atom. The smallest absolute Gasteiger partial charge is 0.219 e. The van der Waals surface area contributed by atoms with E-state index in [1.807, 2.05) is 7.05 Å². The van der Waals surface area contributed by atoms with Crippen molar-refractivity contribution in [3.8, 4) is 0 Å². The number of carbonyl (C=O) groups is 1. The molecule has 0 fully saturated rings. The Hall–Kier alpha value is -1.05. The number of hydrogen-bond acceptors (Lipinski definition) is 1. The summed E-state index contributed by atoms with van der Waals surface area (Å²) in [6.07, 6.45) is 8.19. The van der Waals surface area contributed by atoms with Crippen LogP contribution in [0, 0.1) is 5.92 Å². The van der Waals surface area contributed by atoms with Gasteiger partial charge in [0, 0.05) is 20.5 Å². The minimum absolute atomic E-state index is 0.128. The molecule has 0 saturated carbocycles. The second kappa shape index (κ2) is 5.88. The highest BCUT2D eigenvalue weighted by Crippen LogP contribution is 2.28. The fourth-order valence-electron chi connectivity index (χ4n) is 1.95. The second-order valence-corrected chi connectivity index (χ2v) is 4.87. The molecule has 0 aromatic heterocycles. The van der Waals surface area contributed by atoms with E-state index in [-0.39, 0.29) is 5.91 Å². The largest absolute Gasteiger partial charge is 0.342 e. The van der Waals surface area contributed by atoms with Crippen LogP contribution in [0.15, 0.2) is 23.3 Å². The zero-order valence-corrected chi connectivity index (χ0v) is 10.9. The lowest BCUT2D eigenvalue weighted by Gasteiger charge is -2.22. The molecule has 1 aliphatic rings. The number of amides is 1. The normalized spacial score (nSPS) is 21.6. The Morgan fingerprint density at radius 3 is 2.75 bits per heavy atom. The van der Waals surface area contributed by atoms with Crippen LogP contribution in [0.4, 0.5) is 0 Å². The van der Waals surface area contributed by atoms with Crippen molar-refractivity contribution in [2.75, 3.05) is 13.6 Å². The number of allylic oxidation sites excluding steroid dienone is 3. The predicted octanol–water partition coefficient (Wildman–Crippen LogP) is 3.16. The van der Waals surface area contributed by atoms with Gasteiger partial charge in [-0.25, -0.2) is 0 Å². The average molecular weight is 221 g/mol. The van der Waals surface area contributed by atoms with Crippen molar-refractivity contribution < 1.29 is 4.79 Å². The summed E-state index contributed by atoms with van der Waals surface area (Å²) in [5.74, 6) is 0.812. The average Bonchev–Trinajstić information content (AvgIpc) is 2.26. The highest BCUT2D eigenvalue weighted by atomic mass is 16.2. The summed E-state index contributed by atoms with van der Waals surface area (Å²) in [6, 6.07) is 0. The topological polar surface area (TPSA) is 20.3 Å². The van der Waals surface area contributed by atoms with Crippen molar-refractivity contribution in [1.29, 1.82) is 0 Å². The van der Waals surface area contributed by atoms with Gasteiger partial charge in [0.05, 0.1) is 0 Å². The first-order valence-electron chi connectivity index (χ1n) is 6.04. The Kier molecular flexibility index (Phi) is 4.78. The number of hydrogen-bond donors (Lipinski definition) is 0. The number of rotatable bonds is 3. The highest BCUT2D eigenvalue weighted by molar-refractivity contribution is 5.72. The summed E-state index contributed by atoms with van der Waals surface area (Å²) in [7, 11) is 1.84. The lowest BCUT2D eigenvalue weighted by Crippen LogP contribution is -2.24. The van der Waals surface area contributed by atoms with Crippen LogP contribution in [0.5, 0.6) is 0 Å². The van der Waals surface area contributed by atoms with Gasteiger partial charge in [0.1, 0.15) is 0 Å². The summed E-state index contributed by atoms with van der Waals surface area (Å²) >= 11 is 0. The quantitative estimate of drug-likeness (QED) is 0.670. The Morgan fingerprint density at radius 2 is 2.25 bits per heavy atom. The summed E-state index contributed by atoms with van der Waals surface area (Å²) in [5, 5.41) is 0. The fraction of sp³-hybridized carbons (Fsp3) is 0.643. The van der Waals surface area contributed by atoms with Gasteiger partial charge in [-0.15, -0.1) is 0 Å². The molecular weight excluding hydrogens is 198 g/mol. The van der Waals surface area contributed by atoms with Crippen molar-refractivity contribution in [3.63, 3.8) is 0 Å². The molecule has 0 saturated heterocycles. The molecule has 1 aliphatic carbocycles. The van der Waals surface area contributed by atoms with E-state index in [0.29, 0.717) is 5.92 Å². The van der Waals surface area contributed by atoms with E-state index < -0.39 is 0 Å². The minimum atomic E-state index is 0.128. The van der Waals surface area contributed by atoms with Crippen LogP contribution in [0.2, 0.25) is 0 Å². The van der Waals surface area contributed by atoms with Crippen LogP contribution in [-0.2, 0) is 4.79 Å². The third kappa shape index (κ3) is 3.84. The lowest BCUT2D eigenvalue weighted by atomic mass is 9.85. The standard InChI is InChI=1S/C14H23NO/c1-11-5-7-14(8-6-11)12(2)9-10-15(4)13(3)16/h5,9,14H,6-8,10H2,1-4H3/b12-9+. The van der Waals surface area contributed by atoms with E-state index in [1.165, 1.54) is 24.0 Å². The Labute approximate surface area is 99.0 Å². The van der Waals surface area contributed by atoms with Crippen LogP contribution >= 0.6 is 0 Å². The molecule has 1 unspecified atom stereocenters. The van der Waals surface area contributed by atoms with Gasteiger partial charge in [0.2, 0.25) is 5.91 Å². The minimum Gasteiger partial charge on any atom is -0.342 e. The van der Waals surface area contributed by atoms with Crippen molar-refractivity contribution in [1.82, 2.24) is 4.90 Å². The van der Waals surface area contributed by atoms with Crippen molar-refractivity contribution in [3.05, 3.63) is 23.3 Å². The van der Waals surface area contributed by atoms with E-state index in [9.17, 15) is 4.79 Å². The monoisotopic (exact) mass is 221 g/mol. The number of carbonyl (C=O) groups excluding carboxylic acids is 1. The van der Waals surface area contributed by atoms with E-state index in [0.717, 1.165) is 13.0 Å². The van der Waals surface area contributed by atoms with E-state index in [4.69, 9.17) is 0 Å². The maximum atomic E-state index is 11.1. The molecule has 2 nitrogen and oxygen atoms in total. The van der Waals surface area contributed by atoms with Gasteiger partial charge in [-0.05, 0) is 39.0 Å². The highest BCUT2D eigenvalue weighted by Gasteiger charge is 2.13. The molecule has 0 aliphatic heterocycles. The van der Waals surface area contributed by atoms with Gasteiger partial charge in [0.25, 0.3) is 0 Å². The van der Waals surface area contributed by atoms with Crippen molar-refractivity contribution in [2.45, 2.75) is 40.0 Å². The van der Waals surface area contributed by atoms with Crippen molar-refractivity contribution >= 4 is 5.91 Å². The molecule has 0 N–H and O–H groups in total. The first kappa shape index (κ1) is 13.0. The molecule has 0 heterocycles. The molecule has 2 heteroatoms. The SMILES string of the molecule is CC(=O)N(C)C/C=C(\C)C1CC=C(C)CC1. The molecule has 90 valence electrons. The molecule has 0 aromatic carbocycles. The molecule has 1 amide bonds. The van der Waals surface area contributed by atoms with Gasteiger partial charge in [-0.1, -0.05) is 23.3 Å². The zero-order chi connectivity index (χ0) is 12.1. The third-order valence-corrected chi connectivity index (χ3v) is 3.51. The van der Waals surface area contributed by atoms with Gasteiger partial charge in [-0.2, -0.15) is 0 Å². The lowest BCUT2D eigenvalue weighted by molar-refractivity contribution is -0.127. The summed E-state index contributed by atoms with van der Waals surface area (Å²) in [5.41, 5.74) is 2.95. The number of nitrogens with zero attached hydrogens (tertiary/aromatic N) is 1. The Balaban J connectivity index is 2.48. The summed E-state index contributed by atoms with van der Waals surface area (Å²) < 4.78 is 0. The molecule has 0 bridgehead atoms. The molecule has 1 atom stereocenters. The Bertz CT molecular complexity index is 315. The van der Waals surface area contributed by atoms with Gasteiger partial charge in [-0.3, -0.25) is 4.79 Å². The summed E-state index contributed by atoms with van der Waals surface area (Å²) in [6.45, 7) is 6.74. The second-order valence-electron chi connectivity index (χ2n) is 4.87. The first-order valence-corrected chi connectivity index (χ1v) is 6.04. The van der Waals surface area contributed by atoms with Gasteiger partial charge < -0.3 is 4.90 Å². The maximum Gasteiger partial charge on any atom is 0.219 e. The molecule has 0 radical (unpaired) electrons. The molecule has 0 aromatic rings. The number of likely N-dealkylation sites (N-methyl/N-ethyl adjacent to an activating group) is 1. The predicted molar refractivity (Wildman–Crippen MR) is 68.2 cm³/mol. The molecular formula is C14H23NO. The summed E-state index contributed by atoms with van der Waals surface area (Å²) in [4.78, 5) is 12.8. The zero-order valence-electron chi connectivity index (χ0n) is 10.9. The molecule has 1 rings (SSSR count). The maximum absolute atomic E-state index is 11.1. The van der Waals surface area contributed by atoms with Crippen LogP contribution in [0.3, 0.4) is 0 Å². The van der Waals surface area contributed by atoms with Crippen LogP contribution in [-0.4, -0.2) is 24.4 Å².